The highest BCUT2D eigenvalue weighted by atomic mass is 31.2. The van der Waals surface area contributed by atoms with Crippen LogP contribution in [0.2, 0.25) is 0 Å². The van der Waals surface area contributed by atoms with E-state index in [1.165, 1.54) is 161 Å². The van der Waals surface area contributed by atoms with Crippen molar-refractivity contribution in [2.24, 2.45) is 0 Å². The Balaban J connectivity index is 4.10. The molecule has 0 aliphatic rings. The summed E-state index contributed by atoms with van der Waals surface area (Å²) in [6.45, 7) is 7.96. The van der Waals surface area contributed by atoms with Gasteiger partial charge in [-0.05, 0) is 44.9 Å². The average Bonchev–Trinajstić information content (AvgIpc) is 3.14. The van der Waals surface area contributed by atoms with Gasteiger partial charge in [-0.25, -0.2) is 0 Å². The molecule has 8 heteroatoms. The lowest BCUT2D eigenvalue weighted by Gasteiger charge is -2.20. The molecule has 0 aromatic rings. The molecule has 0 heterocycles. The Labute approximate surface area is 328 Å². The van der Waals surface area contributed by atoms with Crippen molar-refractivity contribution in [1.29, 1.82) is 0 Å². The Bertz CT molecular complexity index is 877. The lowest BCUT2D eigenvalue weighted by Crippen LogP contribution is -2.29. The van der Waals surface area contributed by atoms with Crippen molar-refractivity contribution >= 4 is 19.5 Å². The molecule has 0 spiro atoms. The first-order valence-corrected chi connectivity index (χ1v) is 24.7. The van der Waals surface area contributed by atoms with Crippen LogP contribution >= 0.6 is 7.60 Å². The molecule has 0 aliphatic carbocycles. The standard InChI is InChI=1S/C45H87O7P/c1-5-8-10-12-14-16-18-20-21-22-23-24-25-27-29-31-33-35-37-39-45(47)52-43(42-51-53(4,48)50-40-7-3)41-49-44(46)38-36-34-32-30-28-26-19-17-15-13-11-9-6-2/h20-21,43H,5-19,22-42H2,1-4H3/b21-20-/t43-,53?/m1/s1. The van der Waals surface area contributed by atoms with Crippen LogP contribution in [-0.2, 0) is 32.7 Å². The Morgan fingerprint density at radius 3 is 1.26 bits per heavy atom. The Hall–Kier alpha value is -1.17. The highest BCUT2D eigenvalue weighted by Gasteiger charge is 2.23. The van der Waals surface area contributed by atoms with Crippen LogP contribution in [0.15, 0.2) is 12.2 Å². The van der Waals surface area contributed by atoms with E-state index in [2.05, 4.69) is 26.0 Å². The zero-order chi connectivity index (χ0) is 38.9. The minimum atomic E-state index is -3.29. The molecular formula is C45H87O7P. The highest BCUT2D eigenvalue weighted by Crippen LogP contribution is 2.44. The van der Waals surface area contributed by atoms with Crippen molar-refractivity contribution in [1.82, 2.24) is 0 Å². The van der Waals surface area contributed by atoms with E-state index in [0.29, 0.717) is 25.9 Å². The maximum atomic E-state index is 12.7. The fraction of sp³-hybridized carbons (Fsp3) is 0.911. The van der Waals surface area contributed by atoms with Crippen molar-refractivity contribution in [3.63, 3.8) is 0 Å². The average molecular weight is 771 g/mol. The molecule has 0 aromatic carbocycles. The first-order chi connectivity index (χ1) is 25.8. The van der Waals surface area contributed by atoms with Gasteiger partial charge in [0, 0.05) is 19.5 Å². The summed E-state index contributed by atoms with van der Waals surface area (Å²) in [5, 5.41) is 0. The van der Waals surface area contributed by atoms with Crippen molar-refractivity contribution in [2.45, 2.75) is 239 Å². The summed E-state index contributed by atoms with van der Waals surface area (Å²) in [5.41, 5.74) is 0. The lowest BCUT2D eigenvalue weighted by molar-refractivity contribution is -0.161. The lowest BCUT2D eigenvalue weighted by atomic mass is 10.0. The molecule has 0 amide bonds. The summed E-state index contributed by atoms with van der Waals surface area (Å²) < 4.78 is 34.6. The van der Waals surface area contributed by atoms with Crippen molar-refractivity contribution < 1.29 is 32.7 Å². The molecule has 0 N–H and O–H groups in total. The van der Waals surface area contributed by atoms with Crippen LogP contribution in [0.4, 0.5) is 0 Å². The van der Waals surface area contributed by atoms with Gasteiger partial charge in [0.15, 0.2) is 6.10 Å². The molecule has 0 radical (unpaired) electrons. The third-order valence-electron chi connectivity index (χ3n) is 9.88. The minimum Gasteiger partial charge on any atom is -0.462 e. The predicted molar refractivity (Wildman–Crippen MR) is 225 cm³/mol. The second-order valence-corrected chi connectivity index (χ2v) is 17.5. The maximum Gasteiger partial charge on any atom is 0.327 e. The maximum absolute atomic E-state index is 12.7. The Morgan fingerprint density at radius 2 is 0.849 bits per heavy atom. The van der Waals surface area contributed by atoms with Gasteiger partial charge in [-0.2, -0.15) is 0 Å². The normalized spacial score (nSPS) is 13.4. The predicted octanol–water partition coefficient (Wildman–Crippen LogP) is 14.8. The monoisotopic (exact) mass is 771 g/mol. The second-order valence-electron chi connectivity index (χ2n) is 15.4. The smallest absolute Gasteiger partial charge is 0.327 e. The SMILES string of the molecule is CCCCCCCC/C=C\CCCCCCCCCCCC(=O)O[C@H](COC(=O)CCCCCCCCCCCCCCC)COP(C)(=O)OCCC. The zero-order valence-electron chi connectivity index (χ0n) is 35.5. The summed E-state index contributed by atoms with van der Waals surface area (Å²) in [5.74, 6) is -0.640. The number of unbranched alkanes of at least 4 members (excludes halogenated alkanes) is 27. The van der Waals surface area contributed by atoms with E-state index in [0.717, 1.165) is 38.5 Å². The molecule has 53 heavy (non-hydrogen) atoms. The molecule has 2 atom stereocenters. The number of rotatable bonds is 42. The number of carbonyl (C=O) groups excluding carboxylic acids is 2. The van der Waals surface area contributed by atoms with Gasteiger partial charge in [0.1, 0.15) is 6.61 Å². The molecule has 0 rings (SSSR count). The zero-order valence-corrected chi connectivity index (χ0v) is 36.4. The van der Waals surface area contributed by atoms with Gasteiger partial charge in [-0.3, -0.25) is 14.2 Å². The van der Waals surface area contributed by atoms with Gasteiger partial charge in [0.05, 0.1) is 13.2 Å². The summed E-state index contributed by atoms with van der Waals surface area (Å²) in [7, 11) is -3.29. The molecule has 1 unspecified atom stereocenters. The van der Waals surface area contributed by atoms with Crippen molar-refractivity contribution in [3.8, 4) is 0 Å². The van der Waals surface area contributed by atoms with Crippen LogP contribution in [0, 0.1) is 0 Å². The van der Waals surface area contributed by atoms with Gasteiger partial charge in [-0.15, -0.1) is 0 Å². The Morgan fingerprint density at radius 1 is 0.472 bits per heavy atom. The van der Waals surface area contributed by atoms with E-state index in [1.54, 1.807) is 0 Å². The molecule has 0 saturated heterocycles. The minimum absolute atomic E-state index is 0.105. The molecule has 0 fully saturated rings. The molecule has 0 saturated carbocycles. The number of hydrogen-bond donors (Lipinski definition) is 0. The van der Waals surface area contributed by atoms with Gasteiger partial charge in [0.25, 0.3) is 0 Å². The van der Waals surface area contributed by atoms with E-state index in [9.17, 15) is 14.2 Å². The van der Waals surface area contributed by atoms with Crippen LogP contribution in [-0.4, -0.2) is 44.5 Å². The fourth-order valence-electron chi connectivity index (χ4n) is 6.47. The third kappa shape index (κ3) is 40.3. The van der Waals surface area contributed by atoms with Crippen molar-refractivity contribution in [3.05, 3.63) is 12.2 Å². The van der Waals surface area contributed by atoms with Gasteiger partial charge in [0.2, 0.25) is 0 Å². The summed E-state index contributed by atoms with van der Waals surface area (Å²) in [4.78, 5) is 25.1. The first kappa shape index (κ1) is 51.8. The number of esters is 2. The molecule has 0 aromatic heterocycles. The first-order valence-electron chi connectivity index (χ1n) is 22.7. The van der Waals surface area contributed by atoms with Crippen LogP contribution in [0.25, 0.3) is 0 Å². The van der Waals surface area contributed by atoms with Crippen molar-refractivity contribution in [2.75, 3.05) is 26.5 Å². The second kappa shape index (κ2) is 40.5. The summed E-state index contributed by atoms with van der Waals surface area (Å²) >= 11 is 0. The number of allylic oxidation sites excluding steroid dienone is 2. The van der Waals surface area contributed by atoms with E-state index in [1.807, 2.05) is 6.92 Å². The number of hydrogen-bond acceptors (Lipinski definition) is 7. The molecule has 7 nitrogen and oxygen atoms in total. The molecule has 0 aliphatic heterocycles. The topological polar surface area (TPSA) is 88.1 Å². The fourth-order valence-corrected chi connectivity index (χ4v) is 7.49. The van der Waals surface area contributed by atoms with E-state index < -0.39 is 13.7 Å². The Kier molecular flexibility index (Phi) is 39.6. The van der Waals surface area contributed by atoms with Gasteiger partial charge in [-0.1, -0.05) is 187 Å². The largest absolute Gasteiger partial charge is 0.462 e. The number of ether oxygens (including phenoxy) is 2. The molecule has 314 valence electrons. The number of carbonyl (C=O) groups is 2. The quantitative estimate of drug-likeness (QED) is 0.0264. The van der Waals surface area contributed by atoms with Gasteiger partial charge < -0.3 is 18.5 Å². The summed E-state index contributed by atoms with van der Waals surface area (Å²) in [6.07, 6.45) is 42.7. The van der Waals surface area contributed by atoms with Crippen LogP contribution in [0.5, 0.6) is 0 Å². The van der Waals surface area contributed by atoms with Gasteiger partial charge >= 0.3 is 19.5 Å². The molecule has 0 bridgehead atoms. The van der Waals surface area contributed by atoms with E-state index in [-0.39, 0.29) is 25.2 Å². The van der Waals surface area contributed by atoms with Crippen LogP contribution in [0.1, 0.15) is 233 Å². The highest BCUT2D eigenvalue weighted by molar-refractivity contribution is 7.52. The van der Waals surface area contributed by atoms with Crippen LogP contribution in [0.3, 0.4) is 0 Å². The van der Waals surface area contributed by atoms with E-state index >= 15 is 0 Å². The van der Waals surface area contributed by atoms with Crippen LogP contribution < -0.4 is 0 Å². The summed E-state index contributed by atoms with van der Waals surface area (Å²) in [6, 6.07) is 0. The van der Waals surface area contributed by atoms with E-state index in [4.69, 9.17) is 18.5 Å². The molecular weight excluding hydrogens is 683 g/mol. The third-order valence-corrected chi connectivity index (χ3v) is 11.2.